The molecule has 1 unspecified atom stereocenters. The van der Waals surface area contributed by atoms with Crippen LogP contribution in [0.4, 0.5) is 0 Å². The summed E-state index contributed by atoms with van der Waals surface area (Å²) in [6.07, 6.45) is 3.52. The smallest absolute Gasteiger partial charge is 0.224 e. The summed E-state index contributed by atoms with van der Waals surface area (Å²) in [5.41, 5.74) is 1.03. The first-order chi connectivity index (χ1) is 7.34. The summed E-state index contributed by atoms with van der Waals surface area (Å²) in [5, 5.41) is 8.58. The van der Waals surface area contributed by atoms with Gasteiger partial charge < -0.3 is 10.6 Å². The van der Waals surface area contributed by atoms with Crippen molar-refractivity contribution in [3.05, 3.63) is 34.7 Å². The number of nitrogens with one attached hydrogen (secondary N) is 2. The summed E-state index contributed by atoms with van der Waals surface area (Å²) in [4.78, 5) is 11.4. The van der Waals surface area contributed by atoms with E-state index >= 15 is 0 Å². The van der Waals surface area contributed by atoms with Gasteiger partial charge in [-0.05, 0) is 11.6 Å². The highest BCUT2D eigenvalue weighted by Crippen LogP contribution is 2.13. The average molecular weight is 200 g/mol. The first-order valence-corrected chi connectivity index (χ1v) is 5.20. The van der Waals surface area contributed by atoms with Crippen LogP contribution >= 0.6 is 0 Å². The zero-order chi connectivity index (χ0) is 10.3. The topological polar surface area (TPSA) is 41.1 Å². The van der Waals surface area contributed by atoms with E-state index < -0.39 is 0 Å². The van der Waals surface area contributed by atoms with E-state index in [1.165, 1.54) is 0 Å². The quantitative estimate of drug-likeness (QED) is 0.588. The van der Waals surface area contributed by atoms with Crippen molar-refractivity contribution in [3.8, 4) is 0 Å². The molecule has 1 atom stereocenters. The Kier molecular flexibility index (Phi) is 1.78. The monoisotopic (exact) mass is 200 g/mol. The lowest BCUT2D eigenvalue weighted by molar-refractivity contribution is -0.120. The van der Waals surface area contributed by atoms with Gasteiger partial charge in [0.15, 0.2) is 0 Å². The van der Waals surface area contributed by atoms with E-state index in [1.54, 1.807) is 0 Å². The van der Waals surface area contributed by atoms with Gasteiger partial charge in [0.2, 0.25) is 5.91 Å². The summed E-state index contributed by atoms with van der Waals surface area (Å²) in [6.45, 7) is 0. The van der Waals surface area contributed by atoms with E-state index in [2.05, 4.69) is 16.7 Å². The molecule has 1 saturated heterocycles. The normalized spacial score (nSPS) is 23.1. The Hall–Kier alpha value is -1.77. The first-order valence-electron chi connectivity index (χ1n) is 5.20. The molecule has 1 aromatic rings. The maximum absolute atomic E-state index is 11.4. The lowest BCUT2D eigenvalue weighted by Crippen LogP contribution is -2.51. The van der Waals surface area contributed by atoms with Crippen LogP contribution in [0.2, 0.25) is 0 Å². The SMILES string of the molecule is O=C1CCC2NC=c3ccccc3=C2N1. The summed E-state index contributed by atoms with van der Waals surface area (Å²) in [5.74, 6) is 0.125. The van der Waals surface area contributed by atoms with E-state index in [-0.39, 0.29) is 11.9 Å². The summed E-state index contributed by atoms with van der Waals surface area (Å²) < 4.78 is 0. The number of rotatable bonds is 0. The van der Waals surface area contributed by atoms with Crippen LogP contribution in [0, 0.1) is 0 Å². The van der Waals surface area contributed by atoms with Crippen LogP contribution in [0.25, 0.3) is 11.9 Å². The van der Waals surface area contributed by atoms with Gasteiger partial charge in [-0.1, -0.05) is 24.3 Å². The molecule has 76 valence electrons. The van der Waals surface area contributed by atoms with Gasteiger partial charge in [0.1, 0.15) is 0 Å². The Balaban J connectivity index is 2.26. The van der Waals surface area contributed by atoms with Crippen LogP contribution in [0.5, 0.6) is 0 Å². The van der Waals surface area contributed by atoms with Gasteiger partial charge in [-0.3, -0.25) is 4.79 Å². The van der Waals surface area contributed by atoms with Gasteiger partial charge in [0.05, 0.1) is 6.04 Å². The lowest BCUT2D eigenvalue weighted by Gasteiger charge is -2.28. The fourth-order valence-corrected chi connectivity index (χ4v) is 2.20. The Labute approximate surface area is 87.5 Å². The van der Waals surface area contributed by atoms with Crippen molar-refractivity contribution in [1.82, 2.24) is 10.6 Å². The number of hydrogen-bond acceptors (Lipinski definition) is 2. The number of piperidine rings is 1. The van der Waals surface area contributed by atoms with E-state index in [1.807, 2.05) is 24.4 Å². The minimum atomic E-state index is 0.125. The van der Waals surface area contributed by atoms with Crippen molar-refractivity contribution in [2.45, 2.75) is 18.9 Å². The third-order valence-corrected chi connectivity index (χ3v) is 2.97. The van der Waals surface area contributed by atoms with E-state index in [0.717, 1.165) is 22.6 Å². The molecular formula is C12H12N2O. The zero-order valence-electron chi connectivity index (χ0n) is 8.29. The number of carbonyl (C=O) groups is 1. The molecule has 0 bridgehead atoms. The van der Waals surface area contributed by atoms with E-state index in [0.29, 0.717) is 6.42 Å². The van der Waals surface area contributed by atoms with E-state index in [4.69, 9.17) is 0 Å². The molecule has 1 amide bonds. The Morgan fingerprint density at radius 1 is 1.27 bits per heavy atom. The molecule has 2 heterocycles. The molecule has 3 heteroatoms. The number of carbonyl (C=O) groups excluding carboxylic acids is 1. The molecule has 0 aliphatic carbocycles. The Bertz CT molecular complexity index is 533. The van der Waals surface area contributed by atoms with E-state index in [9.17, 15) is 4.79 Å². The predicted octanol–water partition coefficient (Wildman–Crippen LogP) is -0.585. The van der Waals surface area contributed by atoms with Crippen molar-refractivity contribution in [1.29, 1.82) is 0 Å². The molecule has 1 aromatic carbocycles. The van der Waals surface area contributed by atoms with Crippen LogP contribution in [0.3, 0.4) is 0 Å². The fourth-order valence-electron chi connectivity index (χ4n) is 2.20. The summed E-state index contributed by atoms with van der Waals surface area (Å²) >= 11 is 0. The molecule has 15 heavy (non-hydrogen) atoms. The van der Waals surface area contributed by atoms with Crippen molar-refractivity contribution < 1.29 is 4.79 Å². The second kappa shape index (κ2) is 3.12. The van der Waals surface area contributed by atoms with Crippen molar-refractivity contribution in [2.75, 3.05) is 0 Å². The number of benzene rings is 1. The van der Waals surface area contributed by atoms with Crippen LogP contribution in [0.1, 0.15) is 12.8 Å². The maximum atomic E-state index is 11.4. The Morgan fingerprint density at radius 3 is 3.07 bits per heavy atom. The second-order valence-corrected chi connectivity index (χ2v) is 3.95. The fraction of sp³-hybridized carbons (Fsp3) is 0.250. The van der Waals surface area contributed by atoms with Crippen molar-refractivity contribution in [2.24, 2.45) is 0 Å². The van der Waals surface area contributed by atoms with Gasteiger partial charge in [-0.25, -0.2) is 0 Å². The van der Waals surface area contributed by atoms with Crippen LogP contribution in [-0.2, 0) is 4.79 Å². The van der Waals surface area contributed by atoms with Gasteiger partial charge in [0.25, 0.3) is 0 Å². The summed E-state index contributed by atoms with van der Waals surface area (Å²) in [6, 6.07) is 8.38. The van der Waals surface area contributed by atoms with Crippen molar-refractivity contribution >= 4 is 17.8 Å². The Morgan fingerprint density at radius 2 is 2.13 bits per heavy atom. The molecule has 2 aliphatic rings. The predicted molar refractivity (Wildman–Crippen MR) is 57.9 cm³/mol. The van der Waals surface area contributed by atoms with Crippen LogP contribution < -0.4 is 21.1 Å². The third-order valence-electron chi connectivity index (χ3n) is 2.97. The van der Waals surface area contributed by atoms with Gasteiger partial charge in [0, 0.05) is 23.5 Å². The second-order valence-electron chi connectivity index (χ2n) is 3.95. The first kappa shape index (κ1) is 8.53. The molecule has 2 N–H and O–H groups in total. The van der Waals surface area contributed by atoms with Crippen LogP contribution in [-0.4, -0.2) is 11.9 Å². The van der Waals surface area contributed by atoms with Crippen molar-refractivity contribution in [3.63, 3.8) is 0 Å². The molecule has 0 spiro atoms. The van der Waals surface area contributed by atoms with Crippen LogP contribution in [0.15, 0.2) is 24.3 Å². The molecule has 0 radical (unpaired) electrons. The molecular weight excluding hydrogens is 188 g/mol. The maximum Gasteiger partial charge on any atom is 0.224 e. The summed E-state index contributed by atoms with van der Waals surface area (Å²) in [7, 11) is 0. The number of amides is 1. The third kappa shape index (κ3) is 1.31. The number of hydrogen-bond donors (Lipinski definition) is 2. The molecule has 2 aliphatic heterocycles. The largest absolute Gasteiger partial charge is 0.382 e. The minimum Gasteiger partial charge on any atom is -0.382 e. The molecule has 0 aromatic heterocycles. The molecule has 1 fully saturated rings. The molecule has 0 saturated carbocycles. The average Bonchev–Trinajstić information content (AvgIpc) is 2.29. The zero-order valence-corrected chi connectivity index (χ0v) is 8.29. The highest BCUT2D eigenvalue weighted by atomic mass is 16.1. The lowest BCUT2D eigenvalue weighted by atomic mass is 9.98. The molecule has 3 rings (SSSR count). The molecule has 3 nitrogen and oxygen atoms in total. The minimum absolute atomic E-state index is 0.125. The van der Waals surface area contributed by atoms with Gasteiger partial charge in [-0.2, -0.15) is 0 Å². The number of fused-ring (bicyclic) bond motifs is 2. The van der Waals surface area contributed by atoms with Gasteiger partial charge >= 0.3 is 0 Å². The standard InChI is InChI=1S/C12H12N2O/c15-11-6-5-10-12(14-11)9-4-2-1-3-8(9)7-13-10/h1-4,7,10,13H,5-6H2,(H,14,15). The highest BCUT2D eigenvalue weighted by molar-refractivity contribution is 5.86. The highest BCUT2D eigenvalue weighted by Gasteiger charge is 2.24. The van der Waals surface area contributed by atoms with Gasteiger partial charge in [-0.15, -0.1) is 0 Å².